The Morgan fingerprint density at radius 1 is 1.07 bits per heavy atom. The maximum absolute atomic E-state index is 12.6. The first-order valence-corrected chi connectivity index (χ1v) is 7.87. The lowest BCUT2D eigenvalue weighted by atomic mass is 10.1. The van der Waals surface area contributed by atoms with Gasteiger partial charge in [0.1, 0.15) is 0 Å². The van der Waals surface area contributed by atoms with Gasteiger partial charge < -0.3 is 21.5 Å². The van der Waals surface area contributed by atoms with Crippen LogP contribution in [0.5, 0.6) is 0 Å². The van der Waals surface area contributed by atoms with Gasteiger partial charge in [-0.2, -0.15) is 13.2 Å². The fourth-order valence-corrected chi connectivity index (χ4v) is 2.16. The molecule has 7 nitrogen and oxygen atoms in total. The number of nitrogens with two attached hydrogens (primary N) is 2. The summed E-state index contributed by atoms with van der Waals surface area (Å²) in [5.41, 5.74) is 9.46. The number of benzene rings is 2. The molecule has 10 heteroatoms. The molecule has 0 aliphatic carbocycles. The molecule has 2 amide bonds. The summed E-state index contributed by atoms with van der Waals surface area (Å²) in [6.45, 7) is 1.28. The number of carbonyl (C=O) groups is 3. The van der Waals surface area contributed by atoms with E-state index in [1.807, 2.05) is 0 Å². The van der Waals surface area contributed by atoms with Gasteiger partial charge in [0.2, 0.25) is 5.91 Å². The lowest BCUT2D eigenvalue weighted by Crippen LogP contribution is -2.30. The molecule has 5 N–H and O–H groups in total. The van der Waals surface area contributed by atoms with Crippen LogP contribution >= 0.6 is 0 Å². The predicted octanol–water partition coefficient (Wildman–Crippen LogP) is 2.57. The van der Waals surface area contributed by atoms with Crippen molar-refractivity contribution in [1.82, 2.24) is 0 Å². The predicted molar refractivity (Wildman–Crippen MR) is 94.3 cm³/mol. The summed E-state index contributed by atoms with van der Waals surface area (Å²) in [5.74, 6) is -2.36. The Balaban J connectivity index is 2.03. The molecule has 2 aromatic rings. The number of esters is 1. The molecule has 0 heterocycles. The van der Waals surface area contributed by atoms with Crippen LogP contribution in [-0.2, 0) is 15.7 Å². The van der Waals surface area contributed by atoms with E-state index in [1.165, 1.54) is 31.2 Å². The number of primary amides is 1. The van der Waals surface area contributed by atoms with Crippen molar-refractivity contribution in [3.8, 4) is 0 Å². The van der Waals surface area contributed by atoms with Crippen LogP contribution < -0.4 is 16.8 Å². The number of amides is 2. The fraction of sp³-hybridized carbons (Fsp3) is 0.167. The quantitative estimate of drug-likeness (QED) is 0.530. The topological polar surface area (TPSA) is 125 Å². The van der Waals surface area contributed by atoms with Crippen molar-refractivity contribution < 1.29 is 32.3 Å². The normalized spacial score (nSPS) is 12.1. The van der Waals surface area contributed by atoms with E-state index in [4.69, 9.17) is 16.2 Å². The molecule has 2 rings (SSSR count). The van der Waals surface area contributed by atoms with Crippen LogP contribution in [-0.4, -0.2) is 23.9 Å². The molecule has 0 fully saturated rings. The van der Waals surface area contributed by atoms with E-state index in [0.29, 0.717) is 17.8 Å². The summed E-state index contributed by atoms with van der Waals surface area (Å²) in [6.07, 6.45) is -5.86. The van der Waals surface area contributed by atoms with Crippen LogP contribution in [0.15, 0.2) is 42.5 Å². The summed E-state index contributed by atoms with van der Waals surface area (Å²) in [7, 11) is 0. The number of anilines is 2. The van der Waals surface area contributed by atoms with E-state index in [1.54, 1.807) is 0 Å². The van der Waals surface area contributed by atoms with Gasteiger partial charge in [0.05, 0.1) is 11.1 Å². The van der Waals surface area contributed by atoms with Gasteiger partial charge in [-0.15, -0.1) is 0 Å². The summed E-state index contributed by atoms with van der Waals surface area (Å²) in [4.78, 5) is 35.2. The molecule has 0 unspecified atom stereocenters. The number of hydrogen-bond donors (Lipinski definition) is 3. The average molecular weight is 395 g/mol. The number of alkyl halides is 3. The van der Waals surface area contributed by atoms with Gasteiger partial charge in [0.15, 0.2) is 6.10 Å². The highest BCUT2D eigenvalue weighted by Crippen LogP contribution is 2.31. The number of carbonyl (C=O) groups excluding carboxylic acids is 3. The molecule has 0 aliphatic rings. The molecular formula is C18H16F3N3O4. The Morgan fingerprint density at radius 3 is 2.18 bits per heavy atom. The number of nitrogen functional groups attached to an aromatic ring is 1. The minimum atomic E-state index is -4.60. The van der Waals surface area contributed by atoms with Gasteiger partial charge >= 0.3 is 12.1 Å². The second-order valence-electron chi connectivity index (χ2n) is 5.78. The van der Waals surface area contributed by atoms with E-state index in [0.717, 1.165) is 6.07 Å². The molecular weight excluding hydrogens is 379 g/mol. The molecule has 0 radical (unpaired) electrons. The van der Waals surface area contributed by atoms with Gasteiger partial charge in [-0.3, -0.25) is 9.59 Å². The van der Waals surface area contributed by atoms with Crippen LogP contribution in [0.25, 0.3) is 0 Å². The first-order valence-electron chi connectivity index (χ1n) is 7.87. The molecule has 0 saturated heterocycles. The van der Waals surface area contributed by atoms with E-state index < -0.39 is 41.3 Å². The minimum Gasteiger partial charge on any atom is -0.449 e. The van der Waals surface area contributed by atoms with Crippen molar-refractivity contribution in [2.45, 2.75) is 19.2 Å². The number of ether oxygens (including phenoxy) is 1. The maximum Gasteiger partial charge on any atom is 0.416 e. The molecule has 0 spiro atoms. The van der Waals surface area contributed by atoms with Gasteiger partial charge in [-0.05, 0) is 49.4 Å². The monoisotopic (exact) mass is 395 g/mol. The Bertz CT molecular complexity index is 911. The van der Waals surface area contributed by atoms with Crippen molar-refractivity contribution in [1.29, 1.82) is 0 Å². The maximum atomic E-state index is 12.6. The van der Waals surface area contributed by atoms with Crippen LogP contribution in [0.3, 0.4) is 0 Å². The van der Waals surface area contributed by atoms with E-state index in [9.17, 15) is 27.6 Å². The van der Waals surface area contributed by atoms with Gasteiger partial charge in [-0.25, -0.2) is 4.79 Å². The summed E-state index contributed by atoms with van der Waals surface area (Å²) in [6, 6.07) is 7.85. The molecule has 0 aliphatic heterocycles. The van der Waals surface area contributed by atoms with Crippen LogP contribution in [0, 0.1) is 0 Å². The van der Waals surface area contributed by atoms with E-state index >= 15 is 0 Å². The molecule has 1 atom stereocenters. The molecule has 0 saturated carbocycles. The third kappa shape index (κ3) is 5.00. The lowest BCUT2D eigenvalue weighted by Gasteiger charge is -2.15. The van der Waals surface area contributed by atoms with Crippen molar-refractivity contribution >= 4 is 29.2 Å². The fourth-order valence-electron chi connectivity index (χ4n) is 2.16. The zero-order chi connectivity index (χ0) is 21.1. The highest BCUT2D eigenvalue weighted by molar-refractivity contribution is 6.00. The number of hydrogen-bond acceptors (Lipinski definition) is 5. The molecule has 0 aromatic heterocycles. The van der Waals surface area contributed by atoms with Crippen LogP contribution in [0.1, 0.15) is 33.2 Å². The molecule has 2 aromatic carbocycles. The second-order valence-corrected chi connectivity index (χ2v) is 5.78. The zero-order valence-electron chi connectivity index (χ0n) is 14.5. The van der Waals surface area contributed by atoms with Crippen LogP contribution in [0.4, 0.5) is 24.5 Å². The van der Waals surface area contributed by atoms with Crippen molar-refractivity contribution in [3.63, 3.8) is 0 Å². The highest BCUT2D eigenvalue weighted by atomic mass is 19.4. The molecule has 148 valence electrons. The van der Waals surface area contributed by atoms with Gasteiger partial charge in [0, 0.05) is 16.9 Å². The third-order valence-corrected chi connectivity index (χ3v) is 3.69. The highest BCUT2D eigenvalue weighted by Gasteiger charge is 2.31. The Morgan fingerprint density at radius 2 is 1.68 bits per heavy atom. The molecule has 28 heavy (non-hydrogen) atoms. The zero-order valence-corrected chi connectivity index (χ0v) is 14.5. The second kappa shape index (κ2) is 7.99. The number of rotatable bonds is 5. The Hall–Kier alpha value is -3.56. The minimum absolute atomic E-state index is 0.246. The van der Waals surface area contributed by atoms with Crippen molar-refractivity contribution in [2.24, 2.45) is 5.73 Å². The van der Waals surface area contributed by atoms with Crippen molar-refractivity contribution in [3.05, 3.63) is 59.2 Å². The van der Waals surface area contributed by atoms with E-state index in [-0.39, 0.29) is 11.1 Å². The average Bonchev–Trinajstić information content (AvgIpc) is 2.61. The SMILES string of the molecule is C[C@@H](OC(=O)c1ccc(C(F)(F)F)cc1N)C(=O)Nc1ccc(C(N)=O)cc1. The van der Waals surface area contributed by atoms with Crippen LogP contribution in [0.2, 0.25) is 0 Å². The van der Waals surface area contributed by atoms with Gasteiger partial charge in [-0.1, -0.05) is 0 Å². The third-order valence-electron chi connectivity index (χ3n) is 3.69. The number of halogens is 3. The van der Waals surface area contributed by atoms with Gasteiger partial charge in [0.25, 0.3) is 5.91 Å². The Labute approximate surface area is 157 Å². The largest absolute Gasteiger partial charge is 0.449 e. The summed E-state index contributed by atoms with van der Waals surface area (Å²) in [5, 5.41) is 2.46. The lowest BCUT2D eigenvalue weighted by molar-refractivity contribution is -0.137. The van der Waals surface area contributed by atoms with E-state index in [2.05, 4.69) is 5.32 Å². The van der Waals surface area contributed by atoms with Crippen molar-refractivity contribution in [2.75, 3.05) is 11.1 Å². The first-order chi connectivity index (χ1) is 13.0. The Kier molecular flexibility index (Phi) is 5.92. The molecule has 0 bridgehead atoms. The summed E-state index contributed by atoms with van der Waals surface area (Å²) < 4.78 is 42.9. The smallest absolute Gasteiger partial charge is 0.416 e. The first kappa shape index (κ1) is 20.7. The summed E-state index contributed by atoms with van der Waals surface area (Å²) >= 11 is 0. The standard InChI is InChI=1S/C18H16F3N3O4/c1-9(16(26)24-12-5-2-10(3-6-12)15(23)25)28-17(27)13-7-4-11(8-14(13)22)18(19,20)21/h2-9H,22H2,1H3,(H2,23,25)(H,24,26)/t9-/m1/s1. The number of nitrogens with one attached hydrogen (secondary N) is 1.